The highest BCUT2D eigenvalue weighted by Gasteiger charge is 2.36. The van der Waals surface area contributed by atoms with Crippen molar-refractivity contribution in [3.63, 3.8) is 0 Å². The van der Waals surface area contributed by atoms with Crippen molar-refractivity contribution in [3.05, 3.63) is 29.6 Å². The molecule has 0 saturated heterocycles. The molecule has 0 atom stereocenters. The van der Waals surface area contributed by atoms with E-state index in [0.717, 1.165) is 37.1 Å². The molecule has 0 aromatic carbocycles. The standard InChI is InChI=1S/C13H19N3O/c1-10-5-4-6-11(16-10)9-15-12(17)13(14)7-2-3-8-13/h4-6H,2-3,7-9,14H2,1H3,(H,15,17). The first-order valence-electron chi connectivity index (χ1n) is 6.10. The number of pyridine rings is 1. The first-order valence-corrected chi connectivity index (χ1v) is 6.10. The van der Waals surface area contributed by atoms with Crippen molar-refractivity contribution in [1.82, 2.24) is 10.3 Å². The fourth-order valence-corrected chi connectivity index (χ4v) is 2.28. The molecule has 0 unspecified atom stereocenters. The number of aromatic nitrogens is 1. The molecule has 0 bridgehead atoms. The largest absolute Gasteiger partial charge is 0.349 e. The van der Waals surface area contributed by atoms with Crippen molar-refractivity contribution >= 4 is 5.91 Å². The minimum absolute atomic E-state index is 0.0432. The van der Waals surface area contributed by atoms with Crippen LogP contribution in [-0.4, -0.2) is 16.4 Å². The Labute approximate surface area is 102 Å². The first-order chi connectivity index (χ1) is 8.10. The molecule has 4 heteroatoms. The van der Waals surface area contributed by atoms with Gasteiger partial charge in [-0.25, -0.2) is 0 Å². The summed E-state index contributed by atoms with van der Waals surface area (Å²) in [4.78, 5) is 16.3. The van der Waals surface area contributed by atoms with Gasteiger partial charge in [0.25, 0.3) is 0 Å². The molecule has 1 fully saturated rings. The summed E-state index contributed by atoms with van der Waals surface area (Å²) in [6, 6.07) is 5.79. The highest BCUT2D eigenvalue weighted by atomic mass is 16.2. The van der Waals surface area contributed by atoms with E-state index in [9.17, 15) is 4.79 Å². The lowest BCUT2D eigenvalue weighted by Crippen LogP contribution is -2.51. The molecule has 0 aliphatic heterocycles. The number of amides is 1. The van der Waals surface area contributed by atoms with E-state index in [1.165, 1.54) is 0 Å². The van der Waals surface area contributed by atoms with E-state index in [2.05, 4.69) is 10.3 Å². The zero-order chi connectivity index (χ0) is 12.3. The van der Waals surface area contributed by atoms with Gasteiger partial charge in [0, 0.05) is 5.69 Å². The van der Waals surface area contributed by atoms with Crippen LogP contribution in [0.4, 0.5) is 0 Å². The maximum atomic E-state index is 12.0. The molecule has 0 spiro atoms. The monoisotopic (exact) mass is 233 g/mol. The zero-order valence-electron chi connectivity index (χ0n) is 10.2. The molecule has 2 rings (SSSR count). The maximum absolute atomic E-state index is 12.0. The molecule has 0 radical (unpaired) electrons. The highest BCUT2D eigenvalue weighted by molar-refractivity contribution is 5.86. The molecule has 4 nitrogen and oxygen atoms in total. The fourth-order valence-electron chi connectivity index (χ4n) is 2.28. The molecule has 1 aromatic rings. The number of nitrogens with two attached hydrogens (primary N) is 1. The Morgan fingerprint density at radius 3 is 2.82 bits per heavy atom. The summed E-state index contributed by atoms with van der Waals surface area (Å²) in [5, 5.41) is 2.88. The Balaban J connectivity index is 1.92. The molecule has 92 valence electrons. The van der Waals surface area contributed by atoms with Crippen molar-refractivity contribution in [3.8, 4) is 0 Å². The minimum atomic E-state index is -0.649. The second kappa shape index (κ2) is 4.84. The number of nitrogens with zero attached hydrogens (tertiary/aromatic N) is 1. The normalized spacial score (nSPS) is 18.0. The predicted octanol–water partition coefficient (Wildman–Crippen LogP) is 1.28. The van der Waals surface area contributed by atoms with Gasteiger partial charge in [-0.3, -0.25) is 9.78 Å². The van der Waals surface area contributed by atoms with Crippen LogP contribution >= 0.6 is 0 Å². The van der Waals surface area contributed by atoms with Crippen LogP contribution in [0.2, 0.25) is 0 Å². The van der Waals surface area contributed by atoms with Crippen LogP contribution in [0, 0.1) is 6.92 Å². The Morgan fingerprint density at radius 1 is 1.47 bits per heavy atom. The van der Waals surface area contributed by atoms with E-state index >= 15 is 0 Å². The number of nitrogens with one attached hydrogen (secondary N) is 1. The van der Waals surface area contributed by atoms with Gasteiger partial charge in [-0.1, -0.05) is 18.9 Å². The molecule has 1 aliphatic carbocycles. The molecule has 1 saturated carbocycles. The van der Waals surface area contributed by atoms with Gasteiger partial charge in [0.2, 0.25) is 5.91 Å². The Bertz CT molecular complexity index is 411. The van der Waals surface area contributed by atoms with E-state index in [4.69, 9.17) is 5.73 Å². The van der Waals surface area contributed by atoms with Crippen molar-refractivity contribution in [2.75, 3.05) is 0 Å². The van der Waals surface area contributed by atoms with Gasteiger partial charge in [-0.15, -0.1) is 0 Å². The van der Waals surface area contributed by atoms with E-state index in [1.54, 1.807) is 0 Å². The fraction of sp³-hybridized carbons (Fsp3) is 0.538. The second-order valence-electron chi connectivity index (χ2n) is 4.82. The predicted molar refractivity (Wildman–Crippen MR) is 66.2 cm³/mol. The van der Waals surface area contributed by atoms with Crippen molar-refractivity contribution in [1.29, 1.82) is 0 Å². The lowest BCUT2D eigenvalue weighted by atomic mass is 9.98. The van der Waals surface area contributed by atoms with Crippen molar-refractivity contribution in [2.24, 2.45) is 5.73 Å². The minimum Gasteiger partial charge on any atom is -0.349 e. The third kappa shape index (κ3) is 2.82. The van der Waals surface area contributed by atoms with Gasteiger partial charge < -0.3 is 11.1 Å². The van der Waals surface area contributed by atoms with Crippen LogP contribution in [0.15, 0.2) is 18.2 Å². The Hall–Kier alpha value is -1.42. The van der Waals surface area contributed by atoms with E-state index in [-0.39, 0.29) is 5.91 Å². The number of carbonyl (C=O) groups is 1. The van der Waals surface area contributed by atoms with Gasteiger partial charge in [-0.2, -0.15) is 0 Å². The number of hydrogen-bond donors (Lipinski definition) is 2. The summed E-state index contributed by atoms with van der Waals surface area (Å²) in [7, 11) is 0. The first kappa shape index (κ1) is 12.0. The summed E-state index contributed by atoms with van der Waals surface area (Å²) in [6.07, 6.45) is 3.68. The quantitative estimate of drug-likeness (QED) is 0.826. The third-order valence-electron chi connectivity index (χ3n) is 3.32. The molecular weight excluding hydrogens is 214 g/mol. The molecule has 17 heavy (non-hydrogen) atoms. The van der Waals surface area contributed by atoms with Crippen LogP contribution in [0.1, 0.15) is 37.1 Å². The lowest BCUT2D eigenvalue weighted by molar-refractivity contribution is -0.126. The van der Waals surface area contributed by atoms with Gasteiger partial charge >= 0.3 is 0 Å². The maximum Gasteiger partial charge on any atom is 0.240 e. The summed E-state index contributed by atoms with van der Waals surface area (Å²) < 4.78 is 0. The summed E-state index contributed by atoms with van der Waals surface area (Å²) in [6.45, 7) is 2.40. The van der Waals surface area contributed by atoms with Gasteiger partial charge in [-0.05, 0) is 31.9 Å². The van der Waals surface area contributed by atoms with Crippen LogP contribution in [0.3, 0.4) is 0 Å². The molecule has 1 aliphatic rings. The third-order valence-corrected chi connectivity index (χ3v) is 3.32. The average molecular weight is 233 g/mol. The smallest absolute Gasteiger partial charge is 0.240 e. The SMILES string of the molecule is Cc1cccc(CNC(=O)C2(N)CCCC2)n1. The Morgan fingerprint density at radius 2 is 2.18 bits per heavy atom. The number of hydrogen-bond acceptors (Lipinski definition) is 3. The van der Waals surface area contributed by atoms with Gasteiger partial charge in [0.15, 0.2) is 0 Å². The van der Waals surface area contributed by atoms with Crippen LogP contribution in [0.5, 0.6) is 0 Å². The molecule has 1 aromatic heterocycles. The van der Waals surface area contributed by atoms with Gasteiger partial charge in [0.1, 0.15) is 0 Å². The molecule has 1 heterocycles. The van der Waals surface area contributed by atoms with Crippen molar-refractivity contribution in [2.45, 2.75) is 44.7 Å². The Kier molecular flexibility index (Phi) is 3.43. The zero-order valence-corrected chi connectivity index (χ0v) is 10.2. The van der Waals surface area contributed by atoms with E-state index in [0.29, 0.717) is 6.54 Å². The van der Waals surface area contributed by atoms with Crippen molar-refractivity contribution < 1.29 is 4.79 Å². The highest BCUT2D eigenvalue weighted by Crippen LogP contribution is 2.27. The van der Waals surface area contributed by atoms with Crippen LogP contribution in [0.25, 0.3) is 0 Å². The van der Waals surface area contributed by atoms with E-state index in [1.807, 2.05) is 25.1 Å². The number of aryl methyl sites for hydroxylation is 1. The van der Waals surface area contributed by atoms with Crippen LogP contribution in [-0.2, 0) is 11.3 Å². The average Bonchev–Trinajstić information content (AvgIpc) is 2.74. The molecular formula is C13H19N3O. The lowest BCUT2D eigenvalue weighted by Gasteiger charge is -2.22. The second-order valence-corrected chi connectivity index (χ2v) is 4.82. The van der Waals surface area contributed by atoms with Crippen LogP contribution < -0.4 is 11.1 Å². The number of carbonyl (C=O) groups excluding carboxylic acids is 1. The van der Waals surface area contributed by atoms with Gasteiger partial charge in [0.05, 0.1) is 17.8 Å². The summed E-state index contributed by atoms with van der Waals surface area (Å²) in [5.74, 6) is -0.0432. The summed E-state index contributed by atoms with van der Waals surface area (Å²) >= 11 is 0. The molecule has 3 N–H and O–H groups in total. The molecule has 1 amide bonds. The number of rotatable bonds is 3. The topological polar surface area (TPSA) is 68.0 Å². The summed E-state index contributed by atoms with van der Waals surface area (Å²) in [5.41, 5.74) is 7.25. The van der Waals surface area contributed by atoms with E-state index < -0.39 is 5.54 Å².